The molecule has 3 aromatic heterocycles. The zero-order valence-corrected chi connectivity index (χ0v) is 39.4. The SMILES string of the molecule is C1=Cc2oc3c(ccc4cc5c(cc43)[nH]c3ccccc35)c2CC1.C=N/C(=C1/c2ccccc2-c2ccccc2C1C)c1ccc2c(c1)c1ccccc1n2-c1ccccc1.CC.CC.CN. The van der Waals surface area contributed by atoms with Gasteiger partial charge in [-0.1, -0.05) is 162 Å². The van der Waals surface area contributed by atoms with Crippen molar-refractivity contribution in [1.29, 1.82) is 0 Å². The summed E-state index contributed by atoms with van der Waals surface area (Å²) < 4.78 is 8.57. The molecule has 1 unspecified atom stereocenters. The molecule has 332 valence electrons. The number of nitrogens with zero attached hydrogens (tertiary/aromatic N) is 2. The first-order valence-electron chi connectivity index (χ1n) is 23.8. The molecule has 8 aromatic carbocycles. The topological polar surface area (TPSA) is 72.2 Å². The van der Waals surface area contributed by atoms with E-state index >= 15 is 0 Å². The molecule has 1 atom stereocenters. The molecule has 13 rings (SSSR count). The molecular formula is C62H58N4O. The van der Waals surface area contributed by atoms with Crippen molar-refractivity contribution in [3.8, 4) is 16.8 Å². The Bertz CT molecular complexity index is 3630. The molecule has 3 N–H and O–H groups in total. The number of aromatic nitrogens is 2. The van der Waals surface area contributed by atoms with Crippen LogP contribution in [-0.4, -0.2) is 23.3 Å². The highest BCUT2D eigenvalue weighted by molar-refractivity contribution is 6.17. The lowest BCUT2D eigenvalue weighted by atomic mass is 9.74. The number of fused-ring (bicyclic) bond motifs is 14. The highest BCUT2D eigenvalue weighted by Crippen LogP contribution is 2.49. The molecular weight excluding hydrogens is 817 g/mol. The second kappa shape index (κ2) is 19.4. The van der Waals surface area contributed by atoms with Crippen molar-refractivity contribution in [3.05, 3.63) is 204 Å². The van der Waals surface area contributed by atoms with Crippen LogP contribution < -0.4 is 5.73 Å². The first-order valence-corrected chi connectivity index (χ1v) is 23.8. The Hall–Kier alpha value is -7.73. The average Bonchev–Trinajstić information content (AvgIpc) is 4.08. The number of benzene rings is 8. The summed E-state index contributed by atoms with van der Waals surface area (Å²) in [6.07, 6.45) is 6.48. The number of rotatable bonds is 3. The van der Waals surface area contributed by atoms with Crippen molar-refractivity contribution in [1.82, 2.24) is 9.55 Å². The van der Waals surface area contributed by atoms with Gasteiger partial charge in [-0.25, -0.2) is 0 Å². The third-order valence-corrected chi connectivity index (χ3v) is 13.0. The van der Waals surface area contributed by atoms with Gasteiger partial charge in [0.1, 0.15) is 11.3 Å². The number of aromatic amines is 1. The van der Waals surface area contributed by atoms with Gasteiger partial charge < -0.3 is 19.7 Å². The van der Waals surface area contributed by atoms with Gasteiger partial charge in [-0.2, -0.15) is 0 Å². The maximum atomic E-state index is 6.23. The summed E-state index contributed by atoms with van der Waals surface area (Å²) in [7, 11) is 1.50. The van der Waals surface area contributed by atoms with E-state index in [1.807, 2.05) is 27.7 Å². The van der Waals surface area contributed by atoms with Crippen LogP contribution in [0, 0.1) is 0 Å². The Kier molecular flexibility index (Phi) is 12.9. The predicted octanol–water partition coefficient (Wildman–Crippen LogP) is 16.9. The molecule has 67 heavy (non-hydrogen) atoms. The van der Waals surface area contributed by atoms with Crippen LogP contribution in [0.25, 0.3) is 99.5 Å². The van der Waals surface area contributed by atoms with Crippen LogP contribution in [0.5, 0.6) is 0 Å². The van der Waals surface area contributed by atoms with Gasteiger partial charge in [-0.05, 0) is 114 Å². The quantitative estimate of drug-likeness (QED) is 0.174. The molecule has 5 nitrogen and oxygen atoms in total. The van der Waals surface area contributed by atoms with Crippen LogP contribution in [0.1, 0.15) is 75.0 Å². The zero-order chi connectivity index (χ0) is 46.6. The maximum absolute atomic E-state index is 6.23. The lowest BCUT2D eigenvalue weighted by molar-refractivity contribution is 0.598. The number of H-pyrrole nitrogens is 1. The fraction of sp³-hybridized carbons (Fsp3) is 0.145. The molecule has 0 fully saturated rings. The molecule has 5 heteroatoms. The molecule has 0 amide bonds. The number of nitrogens with one attached hydrogen (secondary N) is 1. The Balaban J connectivity index is 0.000000162. The van der Waals surface area contributed by atoms with Gasteiger partial charge in [-0.3, -0.25) is 4.99 Å². The summed E-state index contributed by atoms with van der Waals surface area (Å²) >= 11 is 0. The highest BCUT2D eigenvalue weighted by atomic mass is 16.3. The van der Waals surface area contributed by atoms with Gasteiger partial charge in [0.05, 0.1) is 16.7 Å². The Labute approximate surface area is 393 Å². The van der Waals surface area contributed by atoms with Gasteiger partial charge in [0, 0.05) is 66.1 Å². The number of para-hydroxylation sites is 3. The molecule has 11 aromatic rings. The number of allylic oxidation sites excluding steroid dienone is 2. The van der Waals surface area contributed by atoms with Gasteiger partial charge in [0.2, 0.25) is 0 Å². The van der Waals surface area contributed by atoms with Crippen molar-refractivity contribution in [2.75, 3.05) is 7.05 Å². The minimum absolute atomic E-state index is 0.202. The van der Waals surface area contributed by atoms with Crippen molar-refractivity contribution in [2.45, 2.75) is 53.4 Å². The minimum atomic E-state index is 0.202. The molecule has 0 bridgehead atoms. The summed E-state index contributed by atoms with van der Waals surface area (Å²) in [4.78, 5) is 8.22. The first-order chi connectivity index (χ1) is 33.1. The molecule has 0 saturated carbocycles. The Morgan fingerprint density at radius 3 is 2.07 bits per heavy atom. The molecule has 0 spiro atoms. The standard InChI is InChI=1S/C35H26N2.C22H15NO.2C2H6.CH5N/c1-23-26-14-6-7-15-27(26)28-16-8-9-18-30(28)34(23)35(36-2)24-20-21-33-31(22-24)29-17-10-11-19-32(29)37(33)25-12-4-3-5-13-25;1-3-7-19-14(5-1)18-11-13-9-10-16-15-6-2-4-8-21(15)24-22(16)17(13)12-20(18)23-19;3*1-2/h3-23H,2H2,1H3;1,3-5,7-12,23H,2,6H2;2*1-2H3;2H2,1H3/b35-34+;;;;. The van der Waals surface area contributed by atoms with E-state index in [0.29, 0.717) is 0 Å². The van der Waals surface area contributed by atoms with E-state index in [4.69, 9.17) is 4.42 Å². The number of hydrogen-bond donors (Lipinski definition) is 2. The molecule has 3 heterocycles. The minimum Gasteiger partial charge on any atom is -0.456 e. The second-order valence-corrected chi connectivity index (χ2v) is 16.3. The van der Waals surface area contributed by atoms with E-state index in [1.54, 1.807) is 0 Å². The van der Waals surface area contributed by atoms with E-state index in [9.17, 15) is 0 Å². The number of furan rings is 1. The summed E-state index contributed by atoms with van der Waals surface area (Å²) in [6.45, 7) is 14.3. The largest absolute Gasteiger partial charge is 0.456 e. The van der Waals surface area contributed by atoms with Gasteiger partial charge in [-0.15, -0.1) is 0 Å². The van der Waals surface area contributed by atoms with Crippen LogP contribution in [-0.2, 0) is 6.42 Å². The monoisotopic (exact) mass is 874 g/mol. The molecule has 0 saturated heterocycles. The summed E-state index contributed by atoms with van der Waals surface area (Å²) in [5, 5.41) is 8.68. The summed E-state index contributed by atoms with van der Waals surface area (Å²) in [6, 6.07) is 60.8. The first kappa shape index (κ1) is 44.5. The lowest BCUT2D eigenvalue weighted by Gasteiger charge is -2.29. The second-order valence-electron chi connectivity index (χ2n) is 16.3. The number of aryl methyl sites for hydroxylation is 1. The lowest BCUT2D eigenvalue weighted by Crippen LogP contribution is -2.09. The van der Waals surface area contributed by atoms with Crippen molar-refractivity contribution < 1.29 is 4.42 Å². The average molecular weight is 875 g/mol. The van der Waals surface area contributed by atoms with Gasteiger partial charge >= 0.3 is 0 Å². The summed E-state index contributed by atoms with van der Waals surface area (Å²) in [5.41, 5.74) is 21.2. The smallest absolute Gasteiger partial charge is 0.142 e. The van der Waals surface area contributed by atoms with Gasteiger partial charge in [0.15, 0.2) is 0 Å². The van der Waals surface area contributed by atoms with Crippen LogP contribution in [0.3, 0.4) is 0 Å². The third-order valence-electron chi connectivity index (χ3n) is 13.0. The summed E-state index contributed by atoms with van der Waals surface area (Å²) in [5.74, 6) is 1.23. The third kappa shape index (κ3) is 7.65. The number of aliphatic imine (C=N–C) groups is 1. The predicted molar refractivity (Wildman–Crippen MR) is 291 cm³/mol. The van der Waals surface area contributed by atoms with Crippen LogP contribution in [0.4, 0.5) is 0 Å². The van der Waals surface area contributed by atoms with E-state index in [0.717, 1.165) is 41.1 Å². The van der Waals surface area contributed by atoms with Crippen molar-refractivity contribution in [3.63, 3.8) is 0 Å². The van der Waals surface area contributed by atoms with Crippen LogP contribution in [0.15, 0.2) is 185 Å². The zero-order valence-electron chi connectivity index (χ0n) is 39.4. The van der Waals surface area contributed by atoms with E-state index in [1.165, 1.54) is 100 Å². The molecule has 2 aliphatic rings. The maximum Gasteiger partial charge on any atom is 0.142 e. The molecule has 2 aliphatic carbocycles. The number of hydrogen-bond acceptors (Lipinski definition) is 3. The Morgan fingerprint density at radius 2 is 1.28 bits per heavy atom. The molecule has 0 radical (unpaired) electrons. The van der Waals surface area contributed by atoms with Crippen molar-refractivity contribution in [2.24, 2.45) is 10.7 Å². The van der Waals surface area contributed by atoms with Crippen LogP contribution >= 0.6 is 0 Å². The van der Waals surface area contributed by atoms with Crippen molar-refractivity contribution >= 4 is 89.4 Å². The fourth-order valence-corrected chi connectivity index (χ4v) is 10.2. The fourth-order valence-electron chi connectivity index (χ4n) is 10.2. The van der Waals surface area contributed by atoms with E-state index < -0.39 is 0 Å². The highest BCUT2D eigenvalue weighted by Gasteiger charge is 2.29. The normalized spacial score (nSPS) is 14.1. The molecule has 0 aliphatic heterocycles. The Morgan fingerprint density at radius 1 is 0.612 bits per heavy atom. The van der Waals surface area contributed by atoms with E-state index in [-0.39, 0.29) is 5.92 Å². The van der Waals surface area contributed by atoms with Crippen LogP contribution in [0.2, 0.25) is 0 Å². The van der Waals surface area contributed by atoms with Gasteiger partial charge in [0.25, 0.3) is 0 Å². The number of nitrogens with two attached hydrogens (primary N) is 1. The van der Waals surface area contributed by atoms with E-state index in [2.05, 4.69) is 216 Å².